The van der Waals surface area contributed by atoms with E-state index in [0.717, 1.165) is 23.0 Å². The molecular formula is C12H15N5. The minimum absolute atomic E-state index is 0.734. The number of aromatic nitrogens is 2. The van der Waals surface area contributed by atoms with E-state index in [1.54, 1.807) is 0 Å². The van der Waals surface area contributed by atoms with Gasteiger partial charge in [0.25, 0.3) is 0 Å². The van der Waals surface area contributed by atoms with Crippen molar-refractivity contribution in [3.05, 3.63) is 36.7 Å². The van der Waals surface area contributed by atoms with Crippen LogP contribution >= 0.6 is 0 Å². The molecule has 0 atom stereocenters. The molecule has 2 aromatic rings. The van der Waals surface area contributed by atoms with Crippen molar-refractivity contribution in [2.45, 2.75) is 0 Å². The maximum Gasteiger partial charge on any atom is 0.138 e. The van der Waals surface area contributed by atoms with Crippen molar-refractivity contribution in [1.29, 1.82) is 0 Å². The fourth-order valence-electron chi connectivity index (χ4n) is 1.53. The Hall–Kier alpha value is -2.30. The normalized spacial score (nSPS) is 10.0. The molecule has 0 aliphatic rings. The van der Waals surface area contributed by atoms with Crippen LogP contribution in [0.5, 0.6) is 0 Å². The molecule has 0 aliphatic heterocycles. The summed E-state index contributed by atoms with van der Waals surface area (Å²) >= 11 is 0. The fourth-order valence-corrected chi connectivity index (χ4v) is 1.53. The summed E-state index contributed by atoms with van der Waals surface area (Å²) in [7, 11) is 3.77. The Morgan fingerprint density at radius 3 is 2.76 bits per heavy atom. The molecule has 0 bridgehead atoms. The van der Waals surface area contributed by atoms with Gasteiger partial charge in [0.15, 0.2) is 0 Å². The number of nitrogens with zero attached hydrogens (tertiary/aromatic N) is 3. The van der Waals surface area contributed by atoms with Gasteiger partial charge in [-0.1, -0.05) is 6.07 Å². The van der Waals surface area contributed by atoms with Gasteiger partial charge >= 0.3 is 0 Å². The van der Waals surface area contributed by atoms with E-state index in [4.69, 9.17) is 5.73 Å². The van der Waals surface area contributed by atoms with Crippen LogP contribution in [0.25, 0.3) is 0 Å². The Bertz CT molecular complexity index is 512. The van der Waals surface area contributed by atoms with Gasteiger partial charge in [-0.3, -0.25) is 0 Å². The number of anilines is 4. The van der Waals surface area contributed by atoms with Crippen LogP contribution in [0.3, 0.4) is 0 Å². The molecule has 1 aromatic heterocycles. The van der Waals surface area contributed by atoms with Crippen LogP contribution in [0.2, 0.25) is 0 Å². The maximum absolute atomic E-state index is 5.76. The number of nitrogens with one attached hydrogen (secondary N) is 1. The van der Waals surface area contributed by atoms with Crippen LogP contribution < -0.4 is 16.0 Å². The zero-order chi connectivity index (χ0) is 12.3. The average molecular weight is 229 g/mol. The molecular weight excluding hydrogens is 214 g/mol. The predicted molar refractivity (Wildman–Crippen MR) is 70.5 cm³/mol. The summed E-state index contributed by atoms with van der Waals surface area (Å²) < 4.78 is 0. The molecule has 88 valence electrons. The second-order valence-electron chi connectivity index (χ2n) is 3.67. The van der Waals surface area contributed by atoms with Crippen molar-refractivity contribution in [3.63, 3.8) is 0 Å². The van der Waals surface area contributed by atoms with E-state index in [2.05, 4.69) is 15.3 Å². The maximum atomic E-state index is 5.76. The third-order valence-electron chi connectivity index (χ3n) is 2.51. The van der Waals surface area contributed by atoms with Gasteiger partial charge in [-0.15, -0.1) is 0 Å². The fraction of sp³-hybridized carbons (Fsp3) is 0.167. The highest BCUT2D eigenvalue weighted by Crippen LogP contribution is 2.23. The van der Waals surface area contributed by atoms with Crippen molar-refractivity contribution in [3.8, 4) is 0 Å². The van der Waals surface area contributed by atoms with Gasteiger partial charge in [-0.25, -0.2) is 9.97 Å². The van der Waals surface area contributed by atoms with Crippen LogP contribution in [0.15, 0.2) is 36.7 Å². The van der Waals surface area contributed by atoms with Gasteiger partial charge in [0.2, 0.25) is 0 Å². The average Bonchev–Trinajstić information content (AvgIpc) is 2.38. The summed E-state index contributed by atoms with van der Waals surface area (Å²) in [6.45, 7) is 0. The zero-order valence-corrected chi connectivity index (χ0v) is 9.88. The molecule has 0 amide bonds. The summed E-state index contributed by atoms with van der Waals surface area (Å²) in [5, 5.41) is 2.98. The second kappa shape index (κ2) is 4.69. The molecule has 0 saturated carbocycles. The number of benzene rings is 1. The van der Waals surface area contributed by atoms with E-state index in [1.165, 1.54) is 6.33 Å². The SMILES string of the molecule is CNc1cc(N(C)c2cccc(N)c2)ncn1. The Balaban J connectivity index is 2.33. The van der Waals surface area contributed by atoms with Crippen LogP contribution in [0.4, 0.5) is 23.0 Å². The van der Waals surface area contributed by atoms with Gasteiger partial charge in [0.05, 0.1) is 0 Å². The Morgan fingerprint density at radius 1 is 1.24 bits per heavy atom. The summed E-state index contributed by atoms with van der Waals surface area (Å²) in [5.41, 5.74) is 7.48. The number of hydrogen-bond acceptors (Lipinski definition) is 5. The largest absolute Gasteiger partial charge is 0.399 e. The third-order valence-corrected chi connectivity index (χ3v) is 2.51. The molecule has 5 heteroatoms. The van der Waals surface area contributed by atoms with Gasteiger partial charge in [-0.2, -0.15) is 0 Å². The lowest BCUT2D eigenvalue weighted by molar-refractivity contribution is 1.08. The van der Waals surface area contributed by atoms with E-state index in [1.807, 2.05) is 49.3 Å². The lowest BCUT2D eigenvalue weighted by atomic mass is 10.2. The standard InChI is InChI=1S/C12H15N5/c1-14-11-7-12(16-8-15-11)17(2)10-5-3-4-9(13)6-10/h3-8H,13H2,1-2H3,(H,14,15,16). The van der Waals surface area contributed by atoms with E-state index >= 15 is 0 Å². The first-order chi connectivity index (χ1) is 8.20. The number of rotatable bonds is 3. The van der Waals surface area contributed by atoms with Crippen molar-refractivity contribution < 1.29 is 0 Å². The highest BCUT2D eigenvalue weighted by molar-refractivity contribution is 5.64. The predicted octanol–water partition coefficient (Wildman–Crippen LogP) is 1.87. The molecule has 0 saturated heterocycles. The van der Waals surface area contributed by atoms with Crippen LogP contribution in [-0.2, 0) is 0 Å². The van der Waals surface area contributed by atoms with Gasteiger partial charge in [0.1, 0.15) is 18.0 Å². The van der Waals surface area contributed by atoms with Gasteiger partial charge < -0.3 is 16.0 Å². The molecule has 1 heterocycles. The quantitative estimate of drug-likeness (QED) is 0.786. The van der Waals surface area contributed by atoms with Crippen LogP contribution in [0, 0.1) is 0 Å². The smallest absolute Gasteiger partial charge is 0.138 e. The molecule has 3 N–H and O–H groups in total. The van der Waals surface area contributed by atoms with E-state index < -0.39 is 0 Å². The summed E-state index contributed by atoms with van der Waals surface area (Å²) in [4.78, 5) is 10.3. The summed E-state index contributed by atoms with van der Waals surface area (Å²) in [5.74, 6) is 1.60. The van der Waals surface area contributed by atoms with E-state index in [0.29, 0.717) is 0 Å². The molecule has 0 radical (unpaired) electrons. The lowest BCUT2D eigenvalue weighted by Crippen LogP contribution is -2.12. The van der Waals surface area contributed by atoms with Crippen molar-refractivity contribution in [1.82, 2.24) is 9.97 Å². The molecule has 1 aromatic carbocycles. The first-order valence-electron chi connectivity index (χ1n) is 5.30. The Labute approximate surface area is 100 Å². The molecule has 17 heavy (non-hydrogen) atoms. The van der Waals surface area contributed by atoms with Crippen LogP contribution in [-0.4, -0.2) is 24.1 Å². The zero-order valence-electron chi connectivity index (χ0n) is 9.88. The highest BCUT2D eigenvalue weighted by Gasteiger charge is 2.06. The number of nitrogens with two attached hydrogens (primary N) is 1. The second-order valence-corrected chi connectivity index (χ2v) is 3.67. The third kappa shape index (κ3) is 2.44. The first-order valence-corrected chi connectivity index (χ1v) is 5.30. The lowest BCUT2D eigenvalue weighted by Gasteiger charge is -2.18. The van der Waals surface area contributed by atoms with Gasteiger partial charge in [-0.05, 0) is 18.2 Å². The summed E-state index contributed by atoms with van der Waals surface area (Å²) in [6.07, 6.45) is 1.53. The van der Waals surface area contributed by atoms with Gasteiger partial charge in [0, 0.05) is 31.5 Å². The molecule has 2 rings (SSSR count). The van der Waals surface area contributed by atoms with Crippen molar-refractivity contribution in [2.24, 2.45) is 0 Å². The molecule has 0 unspecified atom stereocenters. The van der Waals surface area contributed by atoms with Crippen LogP contribution in [0.1, 0.15) is 0 Å². The van der Waals surface area contributed by atoms with E-state index in [-0.39, 0.29) is 0 Å². The molecule has 0 spiro atoms. The van der Waals surface area contributed by atoms with E-state index in [9.17, 15) is 0 Å². The van der Waals surface area contributed by atoms with Crippen molar-refractivity contribution in [2.75, 3.05) is 30.0 Å². The topological polar surface area (TPSA) is 67.1 Å². The van der Waals surface area contributed by atoms with Crippen molar-refractivity contribution >= 4 is 23.0 Å². The number of nitrogen functional groups attached to an aromatic ring is 1. The minimum atomic E-state index is 0.734. The highest BCUT2D eigenvalue weighted by atomic mass is 15.2. The number of hydrogen-bond donors (Lipinski definition) is 2. The monoisotopic (exact) mass is 229 g/mol. The first kappa shape index (κ1) is 11.2. The molecule has 5 nitrogen and oxygen atoms in total. The Kier molecular flexibility index (Phi) is 3.09. The Morgan fingerprint density at radius 2 is 2.06 bits per heavy atom. The minimum Gasteiger partial charge on any atom is -0.399 e. The molecule has 0 fully saturated rings. The molecule has 0 aliphatic carbocycles. The summed E-state index contributed by atoms with van der Waals surface area (Å²) in [6, 6.07) is 9.54.